The molecule has 1 N–H and O–H groups in total. The van der Waals surface area contributed by atoms with Crippen LogP contribution >= 0.6 is 0 Å². The molecule has 88 valence electrons. The summed E-state index contributed by atoms with van der Waals surface area (Å²) in [6.45, 7) is 3.19. The van der Waals surface area contributed by atoms with Crippen molar-refractivity contribution in [3.8, 4) is 0 Å². The smallest absolute Gasteiger partial charge is 0.339 e. The summed E-state index contributed by atoms with van der Waals surface area (Å²) in [5.41, 5.74) is -1.45. The van der Waals surface area contributed by atoms with Crippen molar-refractivity contribution in [2.24, 2.45) is 0 Å². The first kappa shape index (κ1) is 12.4. The Morgan fingerprint density at radius 2 is 2.19 bits per heavy atom. The van der Waals surface area contributed by atoms with Crippen molar-refractivity contribution in [3.63, 3.8) is 0 Å². The average molecular weight is 231 g/mol. The molecule has 0 unspecified atom stereocenters. The van der Waals surface area contributed by atoms with E-state index < -0.39 is 23.5 Å². The van der Waals surface area contributed by atoms with Gasteiger partial charge in [0, 0.05) is 5.69 Å². The zero-order chi connectivity index (χ0) is 12.3. The van der Waals surface area contributed by atoms with Crippen LogP contribution in [0, 0.1) is 6.92 Å². The third-order valence-corrected chi connectivity index (χ3v) is 2.00. The van der Waals surface area contributed by atoms with Crippen molar-refractivity contribution in [3.05, 3.63) is 33.2 Å². The van der Waals surface area contributed by atoms with Crippen molar-refractivity contribution in [2.75, 3.05) is 6.61 Å². The van der Waals surface area contributed by atoms with Crippen molar-refractivity contribution in [1.29, 1.82) is 0 Å². The molecule has 1 aromatic heterocycles. The van der Waals surface area contributed by atoms with E-state index in [0.29, 0.717) is 0 Å². The summed E-state index contributed by atoms with van der Waals surface area (Å²) in [6.07, 6.45) is -2.92. The monoisotopic (exact) mass is 231 g/mol. The average Bonchev–Trinajstić information content (AvgIpc) is 2.17. The Morgan fingerprint density at radius 3 is 2.69 bits per heavy atom. The zero-order valence-corrected chi connectivity index (χ0v) is 8.84. The molecular weight excluding hydrogens is 220 g/mol. The molecule has 0 aromatic carbocycles. The quantitative estimate of drug-likeness (QED) is 0.807. The van der Waals surface area contributed by atoms with Crippen LogP contribution in [0.4, 0.5) is 8.78 Å². The second kappa shape index (κ2) is 4.87. The third-order valence-electron chi connectivity index (χ3n) is 2.00. The number of nitrogens with one attached hydrogen (secondary N) is 1. The van der Waals surface area contributed by atoms with Crippen molar-refractivity contribution in [2.45, 2.75) is 20.3 Å². The van der Waals surface area contributed by atoms with Gasteiger partial charge in [0.2, 0.25) is 0 Å². The molecule has 6 heteroatoms. The first-order chi connectivity index (χ1) is 7.47. The number of ether oxygens (including phenoxy) is 1. The first-order valence-electron chi connectivity index (χ1n) is 4.66. The van der Waals surface area contributed by atoms with Gasteiger partial charge in [-0.2, -0.15) is 0 Å². The minimum atomic E-state index is -2.92. The Hall–Kier alpha value is -1.72. The second-order valence-electron chi connectivity index (χ2n) is 3.11. The fourth-order valence-electron chi connectivity index (χ4n) is 1.22. The number of rotatable bonds is 3. The van der Waals surface area contributed by atoms with Crippen molar-refractivity contribution in [1.82, 2.24) is 4.98 Å². The van der Waals surface area contributed by atoms with E-state index in [1.54, 1.807) is 6.92 Å². The Bertz CT molecular complexity index is 454. The number of carbonyl (C=O) groups excluding carboxylic acids is 1. The van der Waals surface area contributed by atoms with Gasteiger partial charge in [-0.3, -0.25) is 4.79 Å². The van der Waals surface area contributed by atoms with Gasteiger partial charge in [0.15, 0.2) is 0 Å². The van der Waals surface area contributed by atoms with Gasteiger partial charge in [0.1, 0.15) is 0 Å². The summed E-state index contributed by atoms with van der Waals surface area (Å²) in [6, 6.07) is 0.872. The maximum atomic E-state index is 12.4. The minimum Gasteiger partial charge on any atom is -0.462 e. The molecule has 0 radical (unpaired) electrons. The molecule has 1 heterocycles. The predicted molar refractivity (Wildman–Crippen MR) is 52.7 cm³/mol. The number of alkyl halides is 2. The number of pyridine rings is 1. The highest BCUT2D eigenvalue weighted by Gasteiger charge is 2.18. The number of carbonyl (C=O) groups is 1. The maximum absolute atomic E-state index is 12.4. The molecule has 0 aliphatic carbocycles. The van der Waals surface area contributed by atoms with E-state index in [1.807, 2.05) is 0 Å². The Balaban J connectivity index is 3.25. The number of hydrogen-bond acceptors (Lipinski definition) is 3. The molecule has 0 spiro atoms. The summed E-state index contributed by atoms with van der Waals surface area (Å²) in [5.74, 6) is -0.724. The van der Waals surface area contributed by atoms with E-state index in [-0.39, 0.29) is 17.9 Å². The van der Waals surface area contributed by atoms with Crippen molar-refractivity contribution < 1.29 is 18.3 Å². The van der Waals surface area contributed by atoms with Gasteiger partial charge >= 0.3 is 5.97 Å². The highest BCUT2D eigenvalue weighted by molar-refractivity contribution is 5.90. The number of aryl methyl sites for hydroxylation is 1. The Morgan fingerprint density at radius 1 is 1.56 bits per heavy atom. The fourth-order valence-corrected chi connectivity index (χ4v) is 1.22. The van der Waals surface area contributed by atoms with Crippen LogP contribution in [0.2, 0.25) is 0 Å². The van der Waals surface area contributed by atoms with E-state index in [9.17, 15) is 18.4 Å². The Kier molecular flexibility index (Phi) is 3.76. The van der Waals surface area contributed by atoms with Gasteiger partial charge in [-0.1, -0.05) is 0 Å². The maximum Gasteiger partial charge on any atom is 0.339 e. The van der Waals surface area contributed by atoms with Crippen LogP contribution in [0.1, 0.15) is 35.0 Å². The van der Waals surface area contributed by atoms with E-state index >= 15 is 0 Å². The molecule has 16 heavy (non-hydrogen) atoms. The van der Waals surface area contributed by atoms with Crippen LogP contribution in [0.25, 0.3) is 0 Å². The summed E-state index contributed by atoms with van der Waals surface area (Å²) >= 11 is 0. The molecule has 0 saturated carbocycles. The number of esters is 1. The molecule has 0 atom stereocenters. The van der Waals surface area contributed by atoms with E-state index in [0.717, 1.165) is 6.07 Å². The van der Waals surface area contributed by atoms with Crippen LogP contribution in [0.15, 0.2) is 10.9 Å². The highest BCUT2D eigenvalue weighted by atomic mass is 19.3. The lowest BCUT2D eigenvalue weighted by atomic mass is 10.1. The number of aromatic nitrogens is 1. The molecule has 0 bridgehead atoms. The summed E-state index contributed by atoms with van der Waals surface area (Å²) < 4.78 is 29.5. The molecule has 0 amide bonds. The molecule has 0 saturated heterocycles. The second-order valence-corrected chi connectivity index (χ2v) is 3.11. The topological polar surface area (TPSA) is 59.2 Å². The normalized spacial score (nSPS) is 10.6. The third kappa shape index (κ3) is 2.44. The zero-order valence-electron chi connectivity index (χ0n) is 8.84. The van der Waals surface area contributed by atoms with Gasteiger partial charge in [-0.05, 0) is 19.9 Å². The number of halogens is 2. The van der Waals surface area contributed by atoms with Gasteiger partial charge in [-0.15, -0.1) is 0 Å². The fraction of sp³-hybridized carbons (Fsp3) is 0.400. The molecule has 4 nitrogen and oxygen atoms in total. The van der Waals surface area contributed by atoms with Gasteiger partial charge < -0.3 is 9.72 Å². The molecule has 0 fully saturated rings. The standard InChI is InChI=1S/C10H11F2NO3/c1-3-16-10(15)6-4-7(8(11)12)9(14)13-5(6)2/h4,8H,3H2,1-2H3,(H,13,14). The Labute approximate surface area is 90.2 Å². The SMILES string of the molecule is CCOC(=O)c1cc(C(F)F)c(=O)[nH]c1C. The number of hydrogen-bond donors (Lipinski definition) is 1. The van der Waals surface area contributed by atoms with E-state index in [4.69, 9.17) is 0 Å². The summed E-state index contributed by atoms with van der Waals surface area (Å²) in [7, 11) is 0. The van der Waals surface area contributed by atoms with E-state index in [1.165, 1.54) is 6.92 Å². The lowest BCUT2D eigenvalue weighted by molar-refractivity contribution is 0.0524. The molecule has 0 aliphatic heterocycles. The lowest BCUT2D eigenvalue weighted by Crippen LogP contribution is -2.18. The first-order valence-corrected chi connectivity index (χ1v) is 4.66. The molecule has 1 rings (SSSR count). The van der Waals surface area contributed by atoms with Crippen LogP contribution in [-0.4, -0.2) is 17.6 Å². The summed E-state index contributed by atoms with van der Waals surface area (Å²) in [5, 5.41) is 0. The van der Waals surface area contributed by atoms with Crippen LogP contribution in [0.3, 0.4) is 0 Å². The van der Waals surface area contributed by atoms with Crippen molar-refractivity contribution >= 4 is 5.97 Å². The minimum absolute atomic E-state index is 0.0447. The number of H-pyrrole nitrogens is 1. The summed E-state index contributed by atoms with van der Waals surface area (Å²) in [4.78, 5) is 24.7. The van der Waals surface area contributed by atoms with E-state index in [2.05, 4.69) is 9.72 Å². The van der Waals surface area contributed by atoms with Gasteiger partial charge in [0.05, 0.1) is 17.7 Å². The predicted octanol–water partition coefficient (Wildman–Crippen LogP) is 1.80. The molecule has 0 aliphatic rings. The van der Waals surface area contributed by atoms with Gasteiger partial charge in [-0.25, -0.2) is 13.6 Å². The largest absolute Gasteiger partial charge is 0.462 e. The van der Waals surface area contributed by atoms with Crippen LogP contribution < -0.4 is 5.56 Å². The number of aromatic amines is 1. The molecule has 1 aromatic rings. The lowest BCUT2D eigenvalue weighted by Gasteiger charge is -2.07. The van der Waals surface area contributed by atoms with Gasteiger partial charge in [0.25, 0.3) is 12.0 Å². The highest BCUT2D eigenvalue weighted by Crippen LogP contribution is 2.17. The van der Waals surface area contributed by atoms with Crippen LogP contribution in [-0.2, 0) is 4.74 Å². The molecular formula is C10H11F2NO3. The van der Waals surface area contributed by atoms with Crippen LogP contribution in [0.5, 0.6) is 0 Å².